The van der Waals surface area contributed by atoms with Crippen LogP contribution in [-0.4, -0.2) is 32.0 Å². The second-order valence-corrected chi connectivity index (χ2v) is 2.99. The minimum atomic E-state index is -0.548. The van der Waals surface area contributed by atoms with Crippen LogP contribution >= 0.6 is 0 Å². The van der Waals surface area contributed by atoms with Crippen LogP contribution in [0.3, 0.4) is 0 Å². The first-order chi connectivity index (χ1) is 6.84. The predicted octanol–water partition coefficient (Wildman–Crippen LogP) is 1.38. The minimum Gasteiger partial charge on any atom is -0.386 e. The number of hydrogen-bond acceptors (Lipinski definition) is 3. The molecule has 1 atom stereocenters. The third-order valence-electron chi connectivity index (χ3n) is 1.89. The molecule has 0 fully saturated rings. The molecule has 0 unspecified atom stereocenters. The van der Waals surface area contributed by atoms with E-state index in [4.69, 9.17) is 9.47 Å². The molecule has 0 radical (unpaired) electrons. The summed E-state index contributed by atoms with van der Waals surface area (Å²) in [4.78, 5) is 0. The van der Waals surface area contributed by atoms with Crippen molar-refractivity contribution in [2.75, 3.05) is 26.9 Å². The quantitative estimate of drug-likeness (QED) is 0.699. The molecule has 0 spiro atoms. The Balaban J connectivity index is 2.25. The Morgan fingerprint density at radius 2 is 1.93 bits per heavy atom. The average Bonchev–Trinajstić information content (AvgIpc) is 2.25. The van der Waals surface area contributed by atoms with Gasteiger partial charge < -0.3 is 14.6 Å². The van der Waals surface area contributed by atoms with Gasteiger partial charge in [-0.15, -0.1) is 0 Å². The van der Waals surface area contributed by atoms with Gasteiger partial charge >= 0.3 is 0 Å². The standard InChI is InChI=1S/C11H16O3/c1-13-7-8-14-9-11(12)10-5-3-2-4-6-10/h2-6,11-12H,7-9H2,1H3/t11-/m1/s1. The lowest BCUT2D eigenvalue weighted by molar-refractivity contribution is 0.0126. The first-order valence-corrected chi connectivity index (χ1v) is 4.64. The molecule has 3 nitrogen and oxygen atoms in total. The van der Waals surface area contributed by atoms with Crippen LogP contribution in [-0.2, 0) is 9.47 Å². The predicted molar refractivity (Wildman–Crippen MR) is 54.1 cm³/mol. The zero-order valence-corrected chi connectivity index (χ0v) is 8.35. The Labute approximate surface area is 84.3 Å². The highest BCUT2D eigenvalue weighted by molar-refractivity contribution is 5.17. The number of rotatable bonds is 6. The van der Waals surface area contributed by atoms with Crippen molar-refractivity contribution in [1.29, 1.82) is 0 Å². The summed E-state index contributed by atoms with van der Waals surface area (Å²) in [5, 5.41) is 9.65. The molecule has 1 N–H and O–H groups in total. The van der Waals surface area contributed by atoms with Crippen LogP contribution in [0.2, 0.25) is 0 Å². The van der Waals surface area contributed by atoms with E-state index in [1.54, 1.807) is 7.11 Å². The highest BCUT2D eigenvalue weighted by Gasteiger charge is 2.05. The van der Waals surface area contributed by atoms with Crippen LogP contribution < -0.4 is 0 Å². The van der Waals surface area contributed by atoms with Crippen molar-refractivity contribution >= 4 is 0 Å². The van der Waals surface area contributed by atoms with Crippen molar-refractivity contribution < 1.29 is 14.6 Å². The maximum absolute atomic E-state index is 9.65. The smallest absolute Gasteiger partial charge is 0.102 e. The van der Waals surface area contributed by atoms with Gasteiger partial charge in [0.15, 0.2) is 0 Å². The van der Waals surface area contributed by atoms with Gasteiger partial charge in [-0.2, -0.15) is 0 Å². The molecule has 3 heteroatoms. The summed E-state index contributed by atoms with van der Waals surface area (Å²) in [5.41, 5.74) is 0.880. The Hall–Kier alpha value is -0.900. The first kappa shape index (κ1) is 11.2. The van der Waals surface area contributed by atoms with Crippen LogP contribution in [0.15, 0.2) is 30.3 Å². The van der Waals surface area contributed by atoms with E-state index in [9.17, 15) is 5.11 Å². The van der Waals surface area contributed by atoms with E-state index < -0.39 is 6.10 Å². The Morgan fingerprint density at radius 1 is 1.21 bits per heavy atom. The lowest BCUT2D eigenvalue weighted by Crippen LogP contribution is -2.10. The summed E-state index contributed by atoms with van der Waals surface area (Å²) >= 11 is 0. The molecule has 14 heavy (non-hydrogen) atoms. The SMILES string of the molecule is COCCOC[C@@H](O)c1ccccc1. The largest absolute Gasteiger partial charge is 0.386 e. The molecule has 0 saturated carbocycles. The van der Waals surface area contributed by atoms with Crippen LogP contribution in [0.5, 0.6) is 0 Å². The summed E-state index contributed by atoms with van der Waals surface area (Å²) in [6.45, 7) is 1.38. The average molecular weight is 196 g/mol. The highest BCUT2D eigenvalue weighted by Crippen LogP contribution is 2.11. The zero-order valence-electron chi connectivity index (χ0n) is 8.35. The minimum absolute atomic E-state index is 0.313. The molecule has 0 aliphatic carbocycles. The third-order valence-corrected chi connectivity index (χ3v) is 1.89. The van der Waals surface area contributed by atoms with Gasteiger partial charge in [-0.3, -0.25) is 0 Å². The van der Waals surface area contributed by atoms with Crippen molar-refractivity contribution in [1.82, 2.24) is 0 Å². The fourth-order valence-corrected chi connectivity index (χ4v) is 1.11. The van der Waals surface area contributed by atoms with E-state index in [2.05, 4.69) is 0 Å². The van der Waals surface area contributed by atoms with Crippen molar-refractivity contribution in [2.45, 2.75) is 6.10 Å². The summed E-state index contributed by atoms with van der Waals surface area (Å²) in [7, 11) is 1.62. The normalized spacial score (nSPS) is 12.7. The number of aliphatic hydroxyl groups excluding tert-OH is 1. The van der Waals surface area contributed by atoms with Crippen LogP contribution in [0.4, 0.5) is 0 Å². The summed E-state index contributed by atoms with van der Waals surface area (Å²) in [5.74, 6) is 0. The highest BCUT2D eigenvalue weighted by atomic mass is 16.5. The third kappa shape index (κ3) is 3.87. The second kappa shape index (κ2) is 6.54. The van der Waals surface area contributed by atoms with E-state index in [-0.39, 0.29) is 0 Å². The van der Waals surface area contributed by atoms with E-state index in [1.165, 1.54) is 0 Å². The van der Waals surface area contributed by atoms with Crippen molar-refractivity contribution in [3.8, 4) is 0 Å². The van der Waals surface area contributed by atoms with Gasteiger partial charge in [0, 0.05) is 7.11 Å². The Kier molecular flexibility index (Phi) is 5.22. The van der Waals surface area contributed by atoms with Gasteiger partial charge in [0.05, 0.1) is 19.8 Å². The lowest BCUT2D eigenvalue weighted by Gasteiger charge is -2.10. The van der Waals surface area contributed by atoms with Gasteiger partial charge in [0.1, 0.15) is 6.10 Å². The number of aliphatic hydroxyl groups is 1. The second-order valence-electron chi connectivity index (χ2n) is 2.99. The molecular weight excluding hydrogens is 180 g/mol. The van der Waals surface area contributed by atoms with E-state index >= 15 is 0 Å². The Bertz CT molecular complexity index is 236. The molecule has 0 heterocycles. The Morgan fingerprint density at radius 3 is 2.57 bits per heavy atom. The van der Waals surface area contributed by atoms with Gasteiger partial charge in [-0.25, -0.2) is 0 Å². The molecular formula is C11H16O3. The van der Waals surface area contributed by atoms with Gasteiger partial charge in [0.2, 0.25) is 0 Å². The van der Waals surface area contributed by atoms with Crippen LogP contribution in [0, 0.1) is 0 Å². The van der Waals surface area contributed by atoms with Crippen molar-refractivity contribution in [3.63, 3.8) is 0 Å². The summed E-state index contributed by atoms with van der Waals surface area (Å²) in [6, 6.07) is 9.47. The van der Waals surface area contributed by atoms with Crippen molar-refractivity contribution in [3.05, 3.63) is 35.9 Å². The molecule has 0 aliphatic rings. The number of hydrogen-bond donors (Lipinski definition) is 1. The maximum atomic E-state index is 9.65. The molecule has 78 valence electrons. The zero-order chi connectivity index (χ0) is 10.2. The molecule has 0 aromatic heterocycles. The van der Waals surface area contributed by atoms with Crippen molar-refractivity contribution in [2.24, 2.45) is 0 Å². The van der Waals surface area contributed by atoms with E-state index in [1.807, 2.05) is 30.3 Å². The first-order valence-electron chi connectivity index (χ1n) is 4.64. The van der Waals surface area contributed by atoms with Gasteiger partial charge in [-0.1, -0.05) is 30.3 Å². The fraction of sp³-hybridized carbons (Fsp3) is 0.455. The number of benzene rings is 1. The van der Waals surface area contributed by atoms with E-state index in [0.717, 1.165) is 5.56 Å². The lowest BCUT2D eigenvalue weighted by atomic mass is 10.1. The van der Waals surface area contributed by atoms with E-state index in [0.29, 0.717) is 19.8 Å². The molecule has 0 saturated heterocycles. The molecule has 1 rings (SSSR count). The van der Waals surface area contributed by atoms with Gasteiger partial charge in [-0.05, 0) is 5.56 Å². The summed E-state index contributed by atoms with van der Waals surface area (Å²) < 4.78 is 10.0. The summed E-state index contributed by atoms with van der Waals surface area (Å²) in [6.07, 6.45) is -0.548. The number of methoxy groups -OCH3 is 1. The van der Waals surface area contributed by atoms with Crippen LogP contribution in [0.25, 0.3) is 0 Å². The maximum Gasteiger partial charge on any atom is 0.102 e. The monoisotopic (exact) mass is 196 g/mol. The molecule has 0 amide bonds. The van der Waals surface area contributed by atoms with Crippen LogP contribution in [0.1, 0.15) is 11.7 Å². The molecule has 0 aliphatic heterocycles. The van der Waals surface area contributed by atoms with Gasteiger partial charge in [0.25, 0.3) is 0 Å². The topological polar surface area (TPSA) is 38.7 Å². The molecule has 1 aromatic carbocycles. The molecule has 1 aromatic rings. The fourth-order valence-electron chi connectivity index (χ4n) is 1.11. The molecule has 0 bridgehead atoms. The number of ether oxygens (including phenoxy) is 2.